The van der Waals surface area contributed by atoms with Crippen molar-refractivity contribution in [2.24, 2.45) is 5.92 Å². The summed E-state index contributed by atoms with van der Waals surface area (Å²) < 4.78 is 45.1. The summed E-state index contributed by atoms with van der Waals surface area (Å²) in [6.45, 7) is 1.99. The summed E-state index contributed by atoms with van der Waals surface area (Å²) in [6.07, 6.45) is 10.6. The lowest BCUT2D eigenvalue weighted by Crippen LogP contribution is -2.49. The van der Waals surface area contributed by atoms with Crippen molar-refractivity contribution >= 4 is 11.1 Å². The molecule has 4 rings (SSSR count). The quantitative estimate of drug-likeness (QED) is 0.244. The normalized spacial score (nSPS) is 17.5. The molecule has 8 heteroatoms. The minimum atomic E-state index is -4.41. The monoisotopic (exact) mass is 500 g/mol. The number of aliphatic hydroxyl groups is 1. The van der Waals surface area contributed by atoms with Gasteiger partial charge < -0.3 is 9.52 Å². The molecule has 192 valence electrons. The highest BCUT2D eigenvalue weighted by Crippen LogP contribution is 2.32. The molecule has 1 aromatic heterocycles. The van der Waals surface area contributed by atoms with Crippen LogP contribution < -0.4 is 11.1 Å². The number of rotatable bonds is 10. The number of fused-ring (bicyclic) bond motifs is 1. The van der Waals surface area contributed by atoms with Crippen LogP contribution >= 0.6 is 0 Å². The minimum absolute atomic E-state index is 0.282. The number of nitrogens with one attached hydrogen (secondary N) is 1. The van der Waals surface area contributed by atoms with Gasteiger partial charge in [-0.3, -0.25) is 5.32 Å². The molecule has 0 aliphatic heterocycles. The van der Waals surface area contributed by atoms with E-state index >= 15 is 0 Å². The van der Waals surface area contributed by atoms with E-state index in [9.17, 15) is 23.1 Å². The zero-order valence-electron chi connectivity index (χ0n) is 20.2. The zero-order chi connectivity index (χ0) is 25.8. The van der Waals surface area contributed by atoms with Crippen LogP contribution in [0.5, 0.6) is 0 Å². The SMILES string of the molecule is CC(O)(NCCCCCCC1C=CC=CC1)n1c(=O)oc2ccc(-c3ccc(C(F)(F)F)cc3)cc21. The third kappa shape index (κ3) is 6.17. The lowest BCUT2D eigenvalue weighted by atomic mass is 9.94. The average molecular weight is 501 g/mol. The van der Waals surface area contributed by atoms with Gasteiger partial charge in [-0.25, -0.2) is 9.36 Å². The highest BCUT2D eigenvalue weighted by molar-refractivity contribution is 5.81. The lowest BCUT2D eigenvalue weighted by Gasteiger charge is -2.25. The van der Waals surface area contributed by atoms with E-state index in [1.807, 2.05) is 0 Å². The van der Waals surface area contributed by atoms with Crippen LogP contribution in [0.15, 0.2) is 76.0 Å². The van der Waals surface area contributed by atoms with Crippen molar-refractivity contribution in [1.82, 2.24) is 9.88 Å². The fourth-order valence-corrected chi connectivity index (χ4v) is 4.60. The van der Waals surface area contributed by atoms with Crippen LogP contribution in [0, 0.1) is 5.92 Å². The van der Waals surface area contributed by atoms with Gasteiger partial charge in [0.05, 0.1) is 11.1 Å². The van der Waals surface area contributed by atoms with Crippen molar-refractivity contribution < 1.29 is 22.7 Å². The van der Waals surface area contributed by atoms with Gasteiger partial charge in [-0.1, -0.05) is 61.8 Å². The molecule has 2 N–H and O–H groups in total. The molecule has 2 atom stereocenters. The molecular formula is C28H31F3N2O3. The topological polar surface area (TPSA) is 67.4 Å². The summed E-state index contributed by atoms with van der Waals surface area (Å²) in [5.74, 6) is -1.79. The number of hydrogen-bond donors (Lipinski definition) is 2. The summed E-state index contributed by atoms with van der Waals surface area (Å²) in [4.78, 5) is 12.6. The Labute approximate surface area is 207 Å². The first-order chi connectivity index (χ1) is 17.1. The Morgan fingerprint density at radius 1 is 1.03 bits per heavy atom. The summed E-state index contributed by atoms with van der Waals surface area (Å²) in [5, 5.41) is 14.1. The fraction of sp³-hybridized carbons (Fsp3) is 0.393. The lowest BCUT2D eigenvalue weighted by molar-refractivity contribution is -0.137. The standard InChI is InChI=1S/C28H31F3N2O3/c1-27(35,32-18-8-3-2-5-9-20-10-6-4-7-11-20)33-24-19-22(14-17-25(24)36-26(33)34)21-12-15-23(16-13-21)28(29,30)31/h4,6-7,10,12-17,19-20,32,35H,2-3,5,8-9,11,18H2,1H3. The number of aromatic nitrogens is 1. The summed E-state index contributed by atoms with van der Waals surface area (Å²) in [5.41, 5.74) is 1.05. The molecule has 36 heavy (non-hydrogen) atoms. The van der Waals surface area contributed by atoms with E-state index in [2.05, 4.69) is 29.6 Å². The van der Waals surface area contributed by atoms with E-state index in [-0.39, 0.29) is 5.58 Å². The van der Waals surface area contributed by atoms with E-state index in [1.165, 1.54) is 25.5 Å². The van der Waals surface area contributed by atoms with Gasteiger partial charge in [-0.2, -0.15) is 13.2 Å². The molecule has 0 amide bonds. The first-order valence-electron chi connectivity index (χ1n) is 12.3. The maximum Gasteiger partial charge on any atom is 0.423 e. The molecule has 1 aliphatic rings. The average Bonchev–Trinajstić information content (AvgIpc) is 3.19. The first kappa shape index (κ1) is 26.0. The van der Waals surface area contributed by atoms with Crippen molar-refractivity contribution in [3.8, 4) is 11.1 Å². The molecule has 1 heterocycles. The maximum absolute atomic E-state index is 12.9. The van der Waals surface area contributed by atoms with Crippen LogP contribution in [0.1, 0.15) is 51.0 Å². The van der Waals surface area contributed by atoms with Crippen LogP contribution in [0.4, 0.5) is 13.2 Å². The highest BCUT2D eigenvalue weighted by atomic mass is 19.4. The number of benzene rings is 2. The second kappa shape index (κ2) is 10.9. The van der Waals surface area contributed by atoms with Crippen LogP contribution in [-0.2, 0) is 12.0 Å². The van der Waals surface area contributed by atoms with Crippen molar-refractivity contribution in [3.63, 3.8) is 0 Å². The van der Waals surface area contributed by atoms with Gasteiger partial charge in [0.1, 0.15) is 0 Å². The summed E-state index contributed by atoms with van der Waals surface area (Å²) in [7, 11) is 0. The van der Waals surface area contributed by atoms with Gasteiger partial charge >= 0.3 is 11.9 Å². The van der Waals surface area contributed by atoms with Crippen LogP contribution in [0.3, 0.4) is 0 Å². The van der Waals surface area contributed by atoms with Gasteiger partial charge in [0.15, 0.2) is 5.58 Å². The molecule has 0 radical (unpaired) electrons. The number of halogens is 3. The van der Waals surface area contributed by atoms with Gasteiger partial charge in [0.25, 0.3) is 0 Å². The van der Waals surface area contributed by atoms with E-state index in [1.54, 1.807) is 18.2 Å². The smallest absolute Gasteiger partial charge is 0.408 e. The molecule has 2 aromatic carbocycles. The number of nitrogens with zero attached hydrogens (tertiary/aromatic N) is 1. The Morgan fingerprint density at radius 3 is 2.44 bits per heavy atom. The van der Waals surface area contributed by atoms with Crippen molar-refractivity contribution in [2.45, 2.75) is 57.5 Å². The number of unbranched alkanes of at least 4 members (excludes halogenated alkanes) is 3. The maximum atomic E-state index is 12.9. The van der Waals surface area contributed by atoms with Crippen molar-refractivity contribution in [2.75, 3.05) is 6.54 Å². The Morgan fingerprint density at radius 2 is 1.75 bits per heavy atom. The predicted molar refractivity (Wildman–Crippen MR) is 134 cm³/mol. The molecular weight excluding hydrogens is 469 g/mol. The van der Waals surface area contributed by atoms with E-state index in [4.69, 9.17) is 4.42 Å². The number of hydrogen-bond acceptors (Lipinski definition) is 4. The molecule has 2 unspecified atom stereocenters. The van der Waals surface area contributed by atoms with Crippen molar-refractivity contribution in [1.29, 1.82) is 0 Å². The second-order valence-corrected chi connectivity index (χ2v) is 9.42. The van der Waals surface area contributed by atoms with Crippen LogP contribution in [0.2, 0.25) is 0 Å². The van der Waals surface area contributed by atoms with Crippen LogP contribution in [0.25, 0.3) is 22.2 Å². The number of allylic oxidation sites excluding steroid dienone is 4. The highest BCUT2D eigenvalue weighted by Gasteiger charge is 2.30. The molecule has 3 aromatic rings. The Balaban J connectivity index is 1.39. The molecule has 5 nitrogen and oxygen atoms in total. The van der Waals surface area contributed by atoms with E-state index in [0.717, 1.165) is 48.8 Å². The van der Waals surface area contributed by atoms with E-state index in [0.29, 0.717) is 29.1 Å². The molecule has 0 fully saturated rings. The molecule has 0 spiro atoms. The summed E-state index contributed by atoms with van der Waals surface area (Å²) >= 11 is 0. The Bertz CT molecular complexity index is 1280. The largest absolute Gasteiger partial charge is 0.423 e. The van der Waals surface area contributed by atoms with Gasteiger partial charge in [0, 0.05) is 0 Å². The molecule has 0 bridgehead atoms. The Hall–Kier alpha value is -3.10. The van der Waals surface area contributed by atoms with Crippen molar-refractivity contribution in [3.05, 3.63) is 82.9 Å². The van der Waals surface area contributed by atoms with Crippen LogP contribution in [-0.4, -0.2) is 16.2 Å². The van der Waals surface area contributed by atoms with E-state index < -0.39 is 23.3 Å². The third-order valence-corrected chi connectivity index (χ3v) is 6.59. The summed E-state index contributed by atoms with van der Waals surface area (Å²) in [6, 6.07) is 9.67. The van der Waals surface area contributed by atoms with Gasteiger partial charge in [-0.05, 0) is 74.0 Å². The number of oxazole rings is 1. The van der Waals surface area contributed by atoms with Gasteiger partial charge in [0.2, 0.25) is 5.85 Å². The second-order valence-electron chi connectivity index (χ2n) is 9.42. The third-order valence-electron chi connectivity index (χ3n) is 6.59. The molecule has 0 saturated heterocycles. The zero-order valence-corrected chi connectivity index (χ0v) is 20.2. The fourth-order valence-electron chi connectivity index (χ4n) is 4.60. The first-order valence-corrected chi connectivity index (χ1v) is 12.3. The minimum Gasteiger partial charge on any atom is -0.408 e. The van der Waals surface area contributed by atoms with Gasteiger partial charge in [-0.15, -0.1) is 0 Å². The Kier molecular flexibility index (Phi) is 7.85. The number of alkyl halides is 3. The molecule has 0 saturated carbocycles. The predicted octanol–water partition coefficient (Wildman–Crippen LogP) is 6.58. The molecule has 1 aliphatic carbocycles.